The van der Waals surface area contributed by atoms with E-state index in [1.807, 2.05) is 11.4 Å². The van der Waals surface area contributed by atoms with E-state index in [1.54, 1.807) is 6.07 Å². The van der Waals surface area contributed by atoms with Gasteiger partial charge in [-0.05, 0) is 11.4 Å². The van der Waals surface area contributed by atoms with Crippen LogP contribution in [-0.2, 0) is 0 Å². The van der Waals surface area contributed by atoms with Gasteiger partial charge in [0.1, 0.15) is 5.52 Å². The molecule has 4 heteroatoms. The average Bonchev–Trinajstić information content (AvgIpc) is 2.33. The normalized spacial score (nSPS) is 10.4. The molecule has 0 saturated carbocycles. The van der Waals surface area contributed by atoms with Gasteiger partial charge in [0.25, 0.3) is 5.56 Å². The van der Waals surface area contributed by atoms with Crippen LogP contribution in [-0.4, -0.2) is 10.2 Å². The molecule has 0 radical (unpaired) electrons. The van der Waals surface area contributed by atoms with Crippen LogP contribution in [0.2, 0.25) is 0 Å². The van der Waals surface area contributed by atoms with Crippen LogP contribution in [0.1, 0.15) is 0 Å². The largest absolute Gasteiger partial charge is 0.268 e. The van der Waals surface area contributed by atoms with Crippen molar-refractivity contribution in [2.45, 2.75) is 0 Å². The minimum Gasteiger partial charge on any atom is -0.268 e. The summed E-state index contributed by atoms with van der Waals surface area (Å²) in [5.74, 6) is 0. The smallest absolute Gasteiger partial charge is 0.265 e. The Morgan fingerprint density at radius 2 is 2.50 bits per heavy atom. The third-order valence-electron chi connectivity index (χ3n) is 1.22. The van der Waals surface area contributed by atoms with Crippen LogP contribution in [0, 0.1) is 0 Å². The molecule has 0 aliphatic carbocycles. The van der Waals surface area contributed by atoms with E-state index < -0.39 is 0 Å². The number of H-pyrrole nitrogens is 1. The first kappa shape index (κ1) is 5.61. The highest BCUT2D eigenvalue weighted by atomic mass is 32.1. The topological polar surface area (TPSA) is 45.8 Å². The second kappa shape index (κ2) is 1.91. The maximum Gasteiger partial charge on any atom is 0.265 e. The highest BCUT2D eigenvalue weighted by Gasteiger charge is 1.93. The van der Waals surface area contributed by atoms with Gasteiger partial charge >= 0.3 is 0 Å². The Bertz CT molecular complexity index is 403. The van der Waals surface area contributed by atoms with Crippen molar-refractivity contribution in [3.05, 3.63) is 27.9 Å². The lowest BCUT2D eigenvalue weighted by atomic mass is 10.4. The predicted molar refractivity (Wildman–Crippen MR) is 40.2 cm³/mol. The van der Waals surface area contributed by atoms with Crippen LogP contribution in [0.3, 0.4) is 0 Å². The monoisotopic (exact) mass is 152 g/mol. The van der Waals surface area contributed by atoms with Crippen LogP contribution < -0.4 is 5.56 Å². The van der Waals surface area contributed by atoms with Gasteiger partial charge in [-0.15, -0.1) is 11.3 Å². The molecular formula is C6H4N2OS. The molecule has 0 saturated heterocycles. The molecule has 2 aromatic heterocycles. The maximum atomic E-state index is 10.7. The fourth-order valence-electron chi connectivity index (χ4n) is 0.781. The predicted octanol–water partition coefficient (Wildman–Crippen LogP) is 0.985. The molecule has 1 N–H and O–H groups in total. The van der Waals surface area contributed by atoms with Gasteiger partial charge in [0.15, 0.2) is 0 Å². The van der Waals surface area contributed by atoms with E-state index >= 15 is 0 Å². The van der Waals surface area contributed by atoms with Crippen molar-refractivity contribution in [2.24, 2.45) is 0 Å². The van der Waals surface area contributed by atoms with E-state index in [9.17, 15) is 4.79 Å². The lowest BCUT2D eigenvalue weighted by molar-refractivity contribution is 1.03. The molecule has 0 unspecified atom stereocenters. The minimum atomic E-state index is -0.144. The third-order valence-corrected chi connectivity index (χ3v) is 2.08. The summed E-state index contributed by atoms with van der Waals surface area (Å²) in [4.78, 5) is 10.7. The fourth-order valence-corrected chi connectivity index (χ4v) is 1.53. The van der Waals surface area contributed by atoms with Crippen molar-refractivity contribution in [1.29, 1.82) is 0 Å². The second-order valence-electron chi connectivity index (χ2n) is 1.90. The highest BCUT2D eigenvalue weighted by molar-refractivity contribution is 7.17. The molecule has 0 amide bonds. The first-order valence-corrected chi connectivity index (χ1v) is 3.67. The van der Waals surface area contributed by atoms with Crippen molar-refractivity contribution >= 4 is 21.6 Å². The number of rotatable bonds is 0. The molecule has 10 heavy (non-hydrogen) atoms. The zero-order valence-corrected chi connectivity index (χ0v) is 5.81. The van der Waals surface area contributed by atoms with Gasteiger partial charge in [-0.25, -0.2) is 5.10 Å². The molecular weight excluding hydrogens is 148 g/mol. The summed E-state index contributed by atoms with van der Waals surface area (Å²) < 4.78 is 0.934. The molecule has 2 aromatic rings. The van der Waals surface area contributed by atoms with Crippen molar-refractivity contribution in [2.75, 3.05) is 0 Å². The molecule has 0 bridgehead atoms. The van der Waals surface area contributed by atoms with E-state index in [0.717, 1.165) is 10.2 Å². The minimum absolute atomic E-state index is 0.144. The summed E-state index contributed by atoms with van der Waals surface area (Å²) in [5, 5.41) is 8.08. The number of fused-ring (bicyclic) bond motifs is 1. The summed E-state index contributed by atoms with van der Waals surface area (Å²) >= 11 is 1.52. The molecule has 0 atom stereocenters. The van der Waals surface area contributed by atoms with E-state index in [4.69, 9.17) is 0 Å². The molecule has 3 nitrogen and oxygen atoms in total. The Morgan fingerprint density at radius 3 is 3.40 bits per heavy atom. The van der Waals surface area contributed by atoms with Crippen LogP contribution in [0.25, 0.3) is 10.2 Å². The van der Waals surface area contributed by atoms with Crippen LogP contribution >= 0.6 is 11.3 Å². The van der Waals surface area contributed by atoms with Gasteiger partial charge < -0.3 is 0 Å². The molecule has 0 aliphatic heterocycles. The molecule has 2 rings (SSSR count). The van der Waals surface area contributed by atoms with E-state index in [0.29, 0.717) is 0 Å². The van der Waals surface area contributed by atoms with Gasteiger partial charge in [-0.2, -0.15) is 5.10 Å². The third kappa shape index (κ3) is 0.733. The number of nitrogens with zero attached hydrogens (tertiary/aromatic N) is 1. The first-order valence-electron chi connectivity index (χ1n) is 2.79. The fraction of sp³-hybridized carbons (Fsp3) is 0. The van der Waals surface area contributed by atoms with Crippen molar-refractivity contribution in [1.82, 2.24) is 10.2 Å². The van der Waals surface area contributed by atoms with E-state index in [-0.39, 0.29) is 5.56 Å². The summed E-state index contributed by atoms with van der Waals surface area (Å²) in [5.41, 5.74) is 0.708. The summed E-state index contributed by atoms with van der Waals surface area (Å²) in [6.45, 7) is 0. The van der Waals surface area contributed by atoms with Crippen LogP contribution in [0.4, 0.5) is 0 Å². The second-order valence-corrected chi connectivity index (χ2v) is 2.85. The van der Waals surface area contributed by atoms with Gasteiger partial charge in [-0.3, -0.25) is 4.79 Å². The Balaban J connectivity index is 2.99. The molecule has 50 valence electrons. The number of hydrogen-bond donors (Lipinski definition) is 1. The molecule has 0 aromatic carbocycles. The summed E-state index contributed by atoms with van der Waals surface area (Å²) in [6, 6.07) is 3.42. The molecule has 0 fully saturated rings. The van der Waals surface area contributed by atoms with Crippen molar-refractivity contribution in [3.8, 4) is 0 Å². The summed E-state index contributed by atoms with van der Waals surface area (Å²) in [7, 11) is 0. The number of thiophene rings is 1. The van der Waals surface area contributed by atoms with Crippen LogP contribution in [0.15, 0.2) is 22.3 Å². The molecule has 2 heterocycles. The number of nitrogens with one attached hydrogen (secondary N) is 1. The van der Waals surface area contributed by atoms with Gasteiger partial charge in [0.2, 0.25) is 0 Å². The van der Waals surface area contributed by atoms with Gasteiger partial charge in [-0.1, -0.05) is 0 Å². The van der Waals surface area contributed by atoms with Gasteiger partial charge in [0.05, 0.1) is 4.70 Å². The maximum absolute atomic E-state index is 10.7. The van der Waals surface area contributed by atoms with Crippen molar-refractivity contribution < 1.29 is 0 Å². The zero-order valence-electron chi connectivity index (χ0n) is 5.00. The average molecular weight is 152 g/mol. The number of aromatic amines is 1. The first-order chi connectivity index (χ1) is 4.86. The van der Waals surface area contributed by atoms with Gasteiger partial charge in [0, 0.05) is 6.07 Å². The Morgan fingerprint density at radius 1 is 1.60 bits per heavy atom. The number of hydrogen-bond acceptors (Lipinski definition) is 3. The Hall–Kier alpha value is -1.16. The molecule has 0 aliphatic rings. The Labute approximate surface area is 60.3 Å². The number of aromatic nitrogens is 2. The van der Waals surface area contributed by atoms with Crippen molar-refractivity contribution in [3.63, 3.8) is 0 Å². The van der Waals surface area contributed by atoms with E-state index in [2.05, 4.69) is 10.2 Å². The van der Waals surface area contributed by atoms with Crippen LogP contribution in [0.5, 0.6) is 0 Å². The highest BCUT2D eigenvalue weighted by Crippen LogP contribution is 2.14. The lowest BCUT2D eigenvalue weighted by Crippen LogP contribution is -2.03. The zero-order chi connectivity index (χ0) is 6.97. The summed E-state index contributed by atoms with van der Waals surface area (Å²) in [6.07, 6.45) is 0. The SMILES string of the molecule is O=c1cc2sccc2n[nH]1. The lowest BCUT2D eigenvalue weighted by Gasteiger charge is -1.82. The quantitative estimate of drug-likeness (QED) is 0.611. The molecule has 0 spiro atoms. The standard InChI is InChI=1S/C6H4N2OS/c9-6-3-5-4(7-8-6)1-2-10-5/h1-3H,(H,8,9). The van der Waals surface area contributed by atoms with E-state index in [1.165, 1.54) is 11.3 Å². The Kier molecular flexibility index (Phi) is 1.07.